The summed E-state index contributed by atoms with van der Waals surface area (Å²) in [7, 11) is 0. The number of nitrogens with zero attached hydrogens (tertiary/aromatic N) is 1. The van der Waals surface area contributed by atoms with Gasteiger partial charge in [0.2, 0.25) is 0 Å². The Hall–Kier alpha value is -1.48. The monoisotopic (exact) mass is 265 g/mol. The summed E-state index contributed by atoms with van der Waals surface area (Å²) in [5, 5.41) is 9.21. The molecule has 0 spiro atoms. The molecule has 1 aliphatic heterocycles. The lowest BCUT2D eigenvalue weighted by Gasteiger charge is -2.34. The van der Waals surface area contributed by atoms with Crippen molar-refractivity contribution >= 4 is 23.3 Å². The molecule has 1 unspecified atom stereocenters. The molecule has 4 heteroatoms. The van der Waals surface area contributed by atoms with Gasteiger partial charge in [0.15, 0.2) is 0 Å². The van der Waals surface area contributed by atoms with Gasteiger partial charge in [-0.2, -0.15) is 0 Å². The van der Waals surface area contributed by atoms with E-state index >= 15 is 0 Å². The lowest BCUT2D eigenvalue weighted by atomic mass is 9.92. The van der Waals surface area contributed by atoms with E-state index in [4.69, 9.17) is 11.6 Å². The summed E-state index contributed by atoms with van der Waals surface area (Å²) in [6, 6.07) is 7.96. The highest BCUT2D eigenvalue weighted by Gasteiger charge is 2.28. The summed E-state index contributed by atoms with van der Waals surface area (Å²) in [5.74, 6) is -1.08. The lowest BCUT2D eigenvalue weighted by Crippen LogP contribution is -2.39. The maximum atomic E-state index is 11.2. The first-order valence-electron chi connectivity index (χ1n) is 5.93. The third kappa shape index (κ3) is 2.67. The fourth-order valence-corrected chi connectivity index (χ4v) is 2.41. The fraction of sp³-hybridized carbons (Fsp3) is 0.357. The zero-order chi connectivity index (χ0) is 13.1. The number of carboxylic acids is 1. The van der Waals surface area contributed by atoms with Gasteiger partial charge in [0.05, 0.1) is 5.92 Å². The Morgan fingerprint density at radius 2 is 2.28 bits per heavy atom. The molecule has 0 radical (unpaired) electrons. The topological polar surface area (TPSA) is 40.5 Å². The van der Waals surface area contributed by atoms with Gasteiger partial charge in [-0.1, -0.05) is 29.8 Å². The lowest BCUT2D eigenvalue weighted by molar-refractivity contribution is -0.141. The molecule has 2 rings (SSSR count). The molecule has 3 nitrogen and oxygen atoms in total. The average Bonchev–Trinajstić information content (AvgIpc) is 2.38. The van der Waals surface area contributed by atoms with E-state index in [-0.39, 0.29) is 5.92 Å². The smallest absolute Gasteiger partial charge is 0.308 e. The van der Waals surface area contributed by atoms with Crippen LogP contribution in [-0.4, -0.2) is 24.2 Å². The number of hydrogen-bond donors (Lipinski definition) is 1. The van der Waals surface area contributed by atoms with Crippen LogP contribution in [0.3, 0.4) is 0 Å². The second-order valence-electron chi connectivity index (χ2n) is 4.70. The van der Waals surface area contributed by atoms with Crippen LogP contribution >= 0.6 is 11.6 Å². The van der Waals surface area contributed by atoms with Gasteiger partial charge < -0.3 is 10.0 Å². The number of halogens is 1. The highest BCUT2D eigenvalue weighted by Crippen LogP contribution is 2.30. The van der Waals surface area contributed by atoms with Crippen molar-refractivity contribution < 1.29 is 9.90 Å². The fourth-order valence-electron chi connectivity index (χ4n) is 2.34. The van der Waals surface area contributed by atoms with Crippen molar-refractivity contribution in [3.05, 3.63) is 40.9 Å². The van der Waals surface area contributed by atoms with Crippen LogP contribution in [0.1, 0.15) is 12.5 Å². The number of fused-ring (bicyclic) bond motifs is 1. The second kappa shape index (κ2) is 5.44. The number of para-hydroxylation sites is 1. The molecule has 0 amide bonds. The van der Waals surface area contributed by atoms with E-state index in [2.05, 4.69) is 4.90 Å². The number of carboxylic acid groups (broad SMARTS) is 1. The highest BCUT2D eigenvalue weighted by molar-refractivity contribution is 6.25. The SMILES string of the molecule is C/C(=C/Cl)CN1CC(C(=O)O)Cc2ccccc21. The van der Waals surface area contributed by atoms with E-state index in [9.17, 15) is 9.90 Å². The largest absolute Gasteiger partial charge is 0.481 e. The number of benzene rings is 1. The van der Waals surface area contributed by atoms with Crippen molar-refractivity contribution in [2.24, 2.45) is 5.92 Å². The maximum absolute atomic E-state index is 11.2. The molecule has 0 fully saturated rings. The zero-order valence-electron chi connectivity index (χ0n) is 10.3. The van der Waals surface area contributed by atoms with E-state index in [0.29, 0.717) is 19.5 Å². The van der Waals surface area contributed by atoms with Crippen LogP contribution in [-0.2, 0) is 11.2 Å². The molecule has 18 heavy (non-hydrogen) atoms. The molecule has 1 aromatic rings. The van der Waals surface area contributed by atoms with Crippen molar-refractivity contribution in [2.75, 3.05) is 18.0 Å². The van der Waals surface area contributed by atoms with Crippen molar-refractivity contribution in [1.29, 1.82) is 0 Å². The van der Waals surface area contributed by atoms with Crippen LogP contribution in [0.4, 0.5) is 5.69 Å². The van der Waals surface area contributed by atoms with Gasteiger partial charge >= 0.3 is 5.97 Å². The Balaban J connectivity index is 2.30. The summed E-state index contributed by atoms with van der Waals surface area (Å²) in [5.41, 5.74) is 4.79. The summed E-state index contributed by atoms with van der Waals surface area (Å²) in [6.45, 7) is 3.15. The standard InChI is InChI=1S/C14H16ClNO2/c1-10(7-15)8-16-9-12(14(17)18)6-11-4-2-3-5-13(11)16/h2-5,7,12H,6,8-9H2,1H3,(H,17,18)/b10-7-. The first-order chi connectivity index (χ1) is 8.61. The maximum Gasteiger partial charge on any atom is 0.308 e. The third-order valence-electron chi connectivity index (χ3n) is 3.22. The van der Waals surface area contributed by atoms with Crippen LogP contribution in [0.2, 0.25) is 0 Å². The molecule has 0 aromatic heterocycles. The first kappa shape index (κ1) is 13.0. The Morgan fingerprint density at radius 3 is 2.94 bits per heavy atom. The quantitative estimate of drug-likeness (QED) is 0.914. The Morgan fingerprint density at radius 1 is 1.56 bits per heavy atom. The number of hydrogen-bond acceptors (Lipinski definition) is 2. The van der Waals surface area contributed by atoms with E-state index in [1.165, 1.54) is 0 Å². The van der Waals surface area contributed by atoms with Crippen LogP contribution in [0.15, 0.2) is 35.4 Å². The molecule has 0 aliphatic carbocycles. The molecule has 1 atom stereocenters. The third-order valence-corrected chi connectivity index (χ3v) is 3.59. The van der Waals surface area contributed by atoms with Gasteiger partial charge in [0.1, 0.15) is 0 Å². The second-order valence-corrected chi connectivity index (χ2v) is 4.92. The number of aliphatic carboxylic acids is 1. The summed E-state index contributed by atoms with van der Waals surface area (Å²) in [6.07, 6.45) is 0.603. The van der Waals surface area contributed by atoms with Crippen LogP contribution in [0, 0.1) is 5.92 Å². The van der Waals surface area contributed by atoms with Gasteiger partial charge in [0, 0.05) is 24.3 Å². The van der Waals surface area contributed by atoms with Crippen molar-refractivity contribution in [1.82, 2.24) is 0 Å². The van der Waals surface area contributed by atoms with E-state index < -0.39 is 5.97 Å². The molecule has 0 saturated heterocycles. The molecule has 0 saturated carbocycles. The predicted octanol–water partition coefficient (Wildman–Crippen LogP) is 2.89. The molecule has 0 bridgehead atoms. The summed E-state index contributed by atoms with van der Waals surface area (Å²) in [4.78, 5) is 13.3. The number of rotatable bonds is 3. The van der Waals surface area contributed by atoms with Gasteiger partial charge in [-0.05, 0) is 30.5 Å². The molecular weight excluding hydrogens is 250 g/mol. The first-order valence-corrected chi connectivity index (χ1v) is 6.37. The Kier molecular flexibility index (Phi) is 3.92. The zero-order valence-corrected chi connectivity index (χ0v) is 11.0. The molecule has 1 N–H and O–H groups in total. The molecule has 96 valence electrons. The molecule has 1 aliphatic rings. The number of carbonyl (C=O) groups is 1. The van der Waals surface area contributed by atoms with Crippen LogP contribution in [0.5, 0.6) is 0 Å². The normalized spacial score (nSPS) is 19.6. The molecule has 1 heterocycles. The van der Waals surface area contributed by atoms with Gasteiger partial charge in [-0.3, -0.25) is 4.79 Å². The highest BCUT2D eigenvalue weighted by atomic mass is 35.5. The minimum Gasteiger partial charge on any atom is -0.481 e. The van der Waals surface area contributed by atoms with Crippen molar-refractivity contribution in [3.8, 4) is 0 Å². The molecular formula is C14H16ClNO2. The van der Waals surface area contributed by atoms with E-state index in [0.717, 1.165) is 16.8 Å². The van der Waals surface area contributed by atoms with Crippen molar-refractivity contribution in [3.63, 3.8) is 0 Å². The van der Waals surface area contributed by atoms with Gasteiger partial charge in [0.25, 0.3) is 0 Å². The summed E-state index contributed by atoms with van der Waals surface area (Å²) < 4.78 is 0. The molecule has 1 aromatic carbocycles. The van der Waals surface area contributed by atoms with Crippen molar-refractivity contribution in [2.45, 2.75) is 13.3 Å². The minimum absolute atomic E-state index is 0.344. The Labute approximate surface area is 112 Å². The average molecular weight is 266 g/mol. The summed E-state index contributed by atoms with van der Waals surface area (Å²) >= 11 is 5.69. The predicted molar refractivity (Wildman–Crippen MR) is 73.1 cm³/mol. The Bertz CT molecular complexity index is 484. The van der Waals surface area contributed by atoms with E-state index in [1.807, 2.05) is 31.2 Å². The van der Waals surface area contributed by atoms with Gasteiger partial charge in [-0.25, -0.2) is 0 Å². The van der Waals surface area contributed by atoms with Gasteiger partial charge in [-0.15, -0.1) is 0 Å². The minimum atomic E-state index is -0.734. The van der Waals surface area contributed by atoms with Crippen LogP contribution in [0.25, 0.3) is 0 Å². The number of anilines is 1. The van der Waals surface area contributed by atoms with E-state index in [1.54, 1.807) is 5.54 Å². The van der Waals surface area contributed by atoms with Crippen LogP contribution < -0.4 is 4.90 Å².